The minimum atomic E-state index is 0.314. The number of aryl methyl sites for hydroxylation is 1. The zero-order valence-corrected chi connectivity index (χ0v) is 10.0. The quantitative estimate of drug-likeness (QED) is 0.775. The standard InChI is InChI=1S/C11H21N3O/c1-5-15-8-9(2)13-10(3)11-6-12-14(4)7-11/h6-7,9-10,13H,5,8H2,1-4H3. The summed E-state index contributed by atoms with van der Waals surface area (Å²) in [7, 11) is 1.93. The summed E-state index contributed by atoms with van der Waals surface area (Å²) in [4.78, 5) is 0. The number of aromatic nitrogens is 2. The lowest BCUT2D eigenvalue weighted by atomic mass is 10.1. The highest BCUT2D eigenvalue weighted by atomic mass is 16.5. The van der Waals surface area contributed by atoms with Crippen LogP contribution in [0.1, 0.15) is 32.4 Å². The third kappa shape index (κ3) is 4.01. The van der Waals surface area contributed by atoms with Gasteiger partial charge in [0.05, 0.1) is 12.8 Å². The monoisotopic (exact) mass is 211 g/mol. The van der Waals surface area contributed by atoms with Crippen molar-refractivity contribution in [1.29, 1.82) is 0 Å². The summed E-state index contributed by atoms with van der Waals surface area (Å²) in [6.07, 6.45) is 3.93. The zero-order chi connectivity index (χ0) is 11.3. The first-order valence-electron chi connectivity index (χ1n) is 5.45. The number of hydrogen-bond acceptors (Lipinski definition) is 3. The van der Waals surface area contributed by atoms with Crippen molar-refractivity contribution in [3.63, 3.8) is 0 Å². The molecule has 0 saturated heterocycles. The first-order valence-corrected chi connectivity index (χ1v) is 5.45. The van der Waals surface area contributed by atoms with Crippen LogP contribution in [0.2, 0.25) is 0 Å². The lowest BCUT2D eigenvalue weighted by Crippen LogP contribution is -2.32. The predicted octanol–water partition coefficient (Wildman–Crippen LogP) is 1.50. The van der Waals surface area contributed by atoms with Crippen molar-refractivity contribution < 1.29 is 4.74 Å². The average Bonchev–Trinajstić information content (AvgIpc) is 2.61. The molecule has 15 heavy (non-hydrogen) atoms. The second kappa shape index (κ2) is 5.88. The fourth-order valence-corrected chi connectivity index (χ4v) is 1.53. The van der Waals surface area contributed by atoms with Crippen LogP contribution < -0.4 is 5.32 Å². The molecule has 4 nitrogen and oxygen atoms in total. The van der Waals surface area contributed by atoms with E-state index in [9.17, 15) is 0 Å². The highest BCUT2D eigenvalue weighted by molar-refractivity contribution is 5.09. The smallest absolute Gasteiger partial charge is 0.0616 e. The van der Waals surface area contributed by atoms with Crippen LogP contribution >= 0.6 is 0 Å². The fourth-order valence-electron chi connectivity index (χ4n) is 1.53. The van der Waals surface area contributed by atoms with Crippen LogP contribution in [0.5, 0.6) is 0 Å². The second-order valence-corrected chi connectivity index (χ2v) is 3.90. The van der Waals surface area contributed by atoms with Crippen LogP contribution in [0.15, 0.2) is 12.4 Å². The van der Waals surface area contributed by atoms with Gasteiger partial charge in [0.1, 0.15) is 0 Å². The topological polar surface area (TPSA) is 39.1 Å². The van der Waals surface area contributed by atoms with E-state index in [0.717, 1.165) is 13.2 Å². The zero-order valence-electron chi connectivity index (χ0n) is 10.0. The third-order valence-corrected chi connectivity index (χ3v) is 2.33. The van der Waals surface area contributed by atoms with Gasteiger partial charge >= 0.3 is 0 Å². The van der Waals surface area contributed by atoms with Crippen LogP contribution in [-0.4, -0.2) is 29.0 Å². The molecule has 0 bridgehead atoms. The average molecular weight is 211 g/mol. The lowest BCUT2D eigenvalue weighted by Gasteiger charge is -2.18. The Balaban J connectivity index is 2.38. The van der Waals surface area contributed by atoms with Gasteiger partial charge in [0.2, 0.25) is 0 Å². The largest absolute Gasteiger partial charge is 0.380 e. The molecule has 2 atom stereocenters. The van der Waals surface area contributed by atoms with Gasteiger partial charge in [-0.25, -0.2) is 0 Å². The molecular weight excluding hydrogens is 190 g/mol. The number of nitrogens with one attached hydrogen (secondary N) is 1. The maximum absolute atomic E-state index is 5.35. The predicted molar refractivity (Wildman–Crippen MR) is 60.7 cm³/mol. The molecule has 1 rings (SSSR count). The van der Waals surface area contributed by atoms with Gasteiger partial charge in [0.25, 0.3) is 0 Å². The van der Waals surface area contributed by atoms with Gasteiger partial charge in [-0.3, -0.25) is 4.68 Å². The minimum Gasteiger partial charge on any atom is -0.380 e. The van der Waals surface area contributed by atoms with Crippen molar-refractivity contribution in [3.8, 4) is 0 Å². The molecular formula is C11H21N3O. The lowest BCUT2D eigenvalue weighted by molar-refractivity contribution is 0.124. The molecule has 1 N–H and O–H groups in total. The van der Waals surface area contributed by atoms with E-state index in [0.29, 0.717) is 12.1 Å². The number of hydrogen-bond donors (Lipinski definition) is 1. The van der Waals surface area contributed by atoms with Crippen molar-refractivity contribution >= 4 is 0 Å². The molecule has 2 unspecified atom stereocenters. The molecule has 1 aromatic heterocycles. The molecule has 0 radical (unpaired) electrons. The van der Waals surface area contributed by atoms with E-state index in [2.05, 4.69) is 24.3 Å². The minimum absolute atomic E-state index is 0.314. The number of rotatable bonds is 6. The van der Waals surface area contributed by atoms with Crippen LogP contribution in [-0.2, 0) is 11.8 Å². The van der Waals surface area contributed by atoms with Crippen molar-refractivity contribution in [2.24, 2.45) is 7.05 Å². The van der Waals surface area contributed by atoms with Gasteiger partial charge in [-0.05, 0) is 20.8 Å². The molecule has 0 spiro atoms. The summed E-state index contributed by atoms with van der Waals surface area (Å²) < 4.78 is 7.17. The van der Waals surface area contributed by atoms with Crippen molar-refractivity contribution in [2.75, 3.05) is 13.2 Å². The Hall–Kier alpha value is -0.870. The molecule has 0 aliphatic heterocycles. The first kappa shape index (κ1) is 12.2. The van der Waals surface area contributed by atoms with Gasteiger partial charge < -0.3 is 10.1 Å². The van der Waals surface area contributed by atoms with E-state index in [4.69, 9.17) is 4.74 Å². The molecule has 1 heterocycles. The van der Waals surface area contributed by atoms with Gasteiger partial charge in [0, 0.05) is 37.5 Å². The van der Waals surface area contributed by atoms with E-state index < -0.39 is 0 Å². The van der Waals surface area contributed by atoms with Gasteiger partial charge in [-0.2, -0.15) is 5.10 Å². The maximum Gasteiger partial charge on any atom is 0.0616 e. The Morgan fingerprint density at radius 2 is 2.27 bits per heavy atom. The molecule has 4 heteroatoms. The van der Waals surface area contributed by atoms with Gasteiger partial charge in [0.15, 0.2) is 0 Å². The molecule has 0 aromatic carbocycles. The highest BCUT2D eigenvalue weighted by Crippen LogP contribution is 2.10. The summed E-state index contributed by atoms with van der Waals surface area (Å²) in [5.74, 6) is 0. The summed E-state index contributed by atoms with van der Waals surface area (Å²) in [6, 6.07) is 0.675. The van der Waals surface area contributed by atoms with E-state index in [-0.39, 0.29) is 0 Å². The molecule has 1 aromatic rings. The van der Waals surface area contributed by atoms with E-state index in [1.165, 1.54) is 5.56 Å². The van der Waals surface area contributed by atoms with Crippen molar-refractivity contribution in [1.82, 2.24) is 15.1 Å². The summed E-state index contributed by atoms with van der Waals surface area (Å²) in [5, 5.41) is 7.62. The van der Waals surface area contributed by atoms with Crippen LogP contribution in [0.25, 0.3) is 0 Å². The van der Waals surface area contributed by atoms with E-state index in [1.807, 2.05) is 31.0 Å². The molecule has 0 fully saturated rings. The van der Waals surface area contributed by atoms with Crippen LogP contribution in [0, 0.1) is 0 Å². The molecule has 0 aliphatic carbocycles. The summed E-state index contributed by atoms with van der Waals surface area (Å²) >= 11 is 0. The molecule has 0 saturated carbocycles. The van der Waals surface area contributed by atoms with Gasteiger partial charge in [-0.15, -0.1) is 0 Å². The Labute approximate surface area is 91.6 Å². The Morgan fingerprint density at radius 3 is 2.80 bits per heavy atom. The van der Waals surface area contributed by atoms with Crippen molar-refractivity contribution in [2.45, 2.75) is 32.9 Å². The van der Waals surface area contributed by atoms with Crippen molar-refractivity contribution in [3.05, 3.63) is 18.0 Å². The molecule has 0 amide bonds. The Kier molecular flexibility index (Phi) is 4.78. The first-order chi connectivity index (χ1) is 7.13. The summed E-state index contributed by atoms with van der Waals surface area (Å²) in [5.41, 5.74) is 1.21. The highest BCUT2D eigenvalue weighted by Gasteiger charge is 2.10. The van der Waals surface area contributed by atoms with Gasteiger partial charge in [-0.1, -0.05) is 0 Å². The number of ether oxygens (including phenoxy) is 1. The van der Waals surface area contributed by atoms with E-state index in [1.54, 1.807) is 0 Å². The van der Waals surface area contributed by atoms with Crippen LogP contribution in [0.3, 0.4) is 0 Å². The Bertz CT molecular complexity index is 285. The maximum atomic E-state index is 5.35. The Morgan fingerprint density at radius 1 is 1.53 bits per heavy atom. The third-order valence-electron chi connectivity index (χ3n) is 2.33. The fraction of sp³-hybridized carbons (Fsp3) is 0.727. The normalized spacial score (nSPS) is 15.2. The van der Waals surface area contributed by atoms with Crippen LogP contribution in [0.4, 0.5) is 0 Å². The summed E-state index contributed by atoms with van der Waals surface area (Å²) in [6.45, 7) is 7.80. The number of nitrogens with zero attached hydrogens (tertiary/aromatic N) is 2. The molecule has 86 valence electrons. The molecule has 0 aliphatic rings. The second-order valence-electron chi connectivity index (χ2n) is 3.90. The van der Waals surface area contributed by atoms with E-state index >= 15 is 0 Å². The SMILES string of the molecule is CCOCC(C)NC(C)c1cnn(C)c1.